The van der Waals surface area contributed by atoms with Crippen molar-refractivity contribution in [3.8, 4) is 0 Å². The van der Waals surface area contributed by atoms with Crippen LogP contribution < -0.4 is 0 Å². The van der Waals surface area contributed by atoms with Gasteiger partial charge in [0.05, 0.1) is 16.9 Å². The maximum atomic E-state index is 6.10. The van der Waals surface area contributed by atoms with Gasteiger partial charge in [-0.25, -0.2) is 4.98 Å². The molecule has 1 heterocycles. The SMILES string of the molecule is Cc1cccc2nc(CCl)n(CCN(C)C3CCCC3)c12. The van der Waals surface area contributed by atoms with Crippen LogP contribution in [-0.4, -0.2) is 34.1 Å². The van der Waals surface area contributed by atoms with Gasteiger partial charge in [0.15, 0.2) is 0 Å². The Morgan fingerprint density at radius 3 is 2.81 bits per heavy atom. The van der Waals surface area contributed by atoms with Crippen molar-refractivity contribution in [3.63, 3.8) is 0 Å². The van der Waals surface area contributed by atoms with Gasteiger partial charge >= 0.3 is 0 Å². The van der Waals surface area contributed by atoms with Gasteiger partial charge in [-0.1, -0.05) is 25.0 Å². The highest BCUT2D eigenvalue weighted by Crippen LogP contribution is 2.24. The predicted octanol–water partition coefficient (Wildman–Crippen LogP) is 3.96. The Bertz CT molecular complexity index is 614. The van der Waals surface area contributed by atoms with Crippen molar-refractivity contribution in [2.24, 2.45) is 0 Å². The fourth-order valence-corrected chi connectivity index (χ4v) is 3.75. The number of benzene rings is 1. The standard InChI is InChI=1S/C17H24ClN3/c1-13-6-5-9-15-17(13)21(16(12-18)19-15)11-10-20(2)14-7-3-4-8-14/h5-6,9,14H,3-4,7-8,10-12H2,1-2H3. The number of hydrogen-bond acceptors (Lipinski definition) is 2. The number of aryl methyl sites for hydroxylation is 1. The molecule has 1 fully saturated rings. The van der Waals surface area contributed by atoms with Crippen molar-refractivity contribution in [2.45, 2.75) is 51.1 Å². The Morgan fingerprint density at radius 1 is 1.33 bits per heavy atom. The van der Waals surface area contributed by atoms with E-state index in [1.807, 2.05) is 0 Å². The predicted molar refractivity (Wildman–Crippen MR) is 88.9 cm³/mol. The van der Waals surface area contributed by atoms with Crippen molar-refractivity contribution in [1.82, 2.24) is 14.5 Å². The molecular formula is C17H24ClN3. The van der Waals surface area contributed by atoms with E-state index in [4.69, 9.17) is 11.6 Å². The molecule has 0 aliphatic heterocycles. The first kappa shape index (κ1) is 14.9. The summed E-state index contributed by atoms with van der Waals surface area (Å²) in [7, 11) is 2.25. The smallest absolute Gasteiger partial charge is 0.124 e. The van der Waals surface area contributed by atoms with Crippen LogP contribution in [0.2, 0.25) is 0 Å². The molecule has 21 heavy (non-hydrogen) atoms. The monoisotopic (exact) mass is 305 g/mol. The number of alkyl halides is 1. The molecule has 3 rings (SSSR count). The third kappa shape index (κ3) is 2.95. The van der Waals surface area contributed by atoms with Gasteiger partial charge in [-0.15, -0.1) is 11.6 Å². The summed E-state index contributed by atoms with van der Waals surface area (Å²) in [6, 6.07) is 7.06. The lowest BCUT2D eigenvalue weighted by Crippen LogP contribution is -2.32. The Morgan fingerprint density at radius 2 is 2.10 bits per heavy atom. The fraction of sp³-hybridized carbons (Fsp3) is 0.588. The fourth-order valence-electron chi connectivity index (χ4n) is 3.54. The zero-order valence-electron chi connectivity index (χ0n) is 13.0. The van der Waals surface area contributed by atoms with Crippen LogP contribution in [0.3, 0.4) is 0 Å². The molecule has 0 bridgehead atoms. The van der Waals surface area contributed by atoms with E-state index < -0.39 is 0 Å². The summed E-state index contributed by atoms with van der Waals surface area (Å²) < 4.78 is 2.31. The number of nitrogens with zero attached hydrogens (tertiary/aromatic N) is 3. The van der Waals surface area contributed by atoms with Crippen LogP contribution >= 0.6 is 11.6 Å². The minimum Gasteiger partial charge on any atom is -0.325 e. The largest absolute Gasteiger partial charge is 0.325 e. The Kier molecular flexibility index (Phi) is 4.51. The summed E-state index contributed by atoms with van der Waals surface area (Å²) in [5.74, 6) is 1.46. The molecule has 0 radical (unpaired) electrons. The van der Waals surface area contributed by atoms with Crippen LogP contribution in [0.15, 0.2) is 18.2 Å². The maximum absolute atomic E-state index is 6.10. The summed E-state index contributed by atoms with van der Waals surface area (Å²) in [4.78, 5) is 7.19. The number of imidazole rings is 1. The van der Waals surface area contributed by atoms with E-state index in [1.165, 1.54) is 36.8 Å². The van der Waals surface area contributed by atoms with Crippen molar-refractivity contribution in [3.05, 3.63) is 29.6 Å². The van der Waals surface area contributed by atoms with E-state index >= 15 is 0 Å². The van der Waals surface area contributed by atoms with Gasteiger partial charge in [-0.3, -0.25) is 0 Å². The summed E-state index contributed by atoms with van der Waals surface area (Å²) in [5.41, 5.74) is 3.59. The lowest BCUT2D eigenvalue weighted by molar-refractivity contribution is 0.236. The third-order valence-corrected chi connectivity index (χ3v) is 5.03. The lowest BCUT2D eigenvalue weighted by atomic mass is 10.2. The molecule has 0 amide bonds. The highest BCUT2D eigenvalue weighted by Gasteiger charge is 2.20. The summed E-state index contributed by atoms with van der Waals surface area (Å²) >= 11 is 6.10. The third-order valence-electron chi connectivity index (χ3n) is 4.79. The first-order chi connectivity index (χ1) is 10.2. The highest BCUT2D eigenvalue weighted by atomic mass is 35.5. The molecule has 0 spiro atoms. The van der Waals surface area contributed by atoms with Crippen LogP contribution in [-0.2, 0) is 12.4 Å². The molecule has 114 valence electrons. The van der Waals surface area contributed by atoms with E-state index in [0.29, 0.717) is 5.88 Å². The topological polar surface area (TPSA) is 21.1 Å². The summed E-state index contributed by atoms with van der Waals surface area (Å²) in [6.07, 6.45) is 5.47. The second-order valence-corrected chi connectivity index (χ2v) is 6.44. The number of para-hydroxylation sites is 1. The molecule has 4 heteroatoms. The van der Waals surface area contributed by atoms with E-state index in [9.17, 15) is 0 Å². The first-order valence-electron chi connectivity index (χ1n) is 7.91. The van der Waals surface area contributed by atoms with Crippen LogP contribution in [0, 0.1) is 6.92 Å². The molecule has 1 aliphatic rings. The Hall–Kier alpha value is -1.06. The number of likely N-dealkylation sites (N-methyl/N-ethyl adjacent to an activating group) is 1. The van der Waals surface area contributed by atoms with Crippen molar-refractivity contribution < 1.29 is 0 Å². The molecule has 1 aromatic carbocycles. The van der Waals surface area contributed by atoms with E-state index in [0.717, 1.165) is 30.5 Å². The zero-order valence-corrected chi connectivity index (χ0v) is 13.7. The van der Waals surface area contributed by atoms with Crippen LogP contribution in [0.1, 0.15) is 37.1 Å². The van der Waals surface area contributed by atoms with E-state index in [1.54, 1.807) is 0 Å². The minimum absolute atomic E-state index is 0.473. The van der Waals surface area contributed by atoms with Crippen molar-refractivity contribution in [1.29, 1.82) is 0 Å². The highest BCUT2D eigenvalue weighted by molar-refractivity contribution is 6.16. The van der Waals surface area contributed by atoms with Gasteiger partial charge < -0.3 is 9.47 Å². The van der Waals surface area contributed by atoms with Gasteiger partial charge in [0.25, 0.3) is 0 Å². The molecule has 3 nitrogen and oxygen atoms in total. The molecular weight excluding hydrogens is 282 g/mol. The normalized spacial score (nSPS) is 16.4. The Labute approximate surface area is 131 Å². The number of hydrogen-bond donors (Lipinski definition) is 0. The van der Waals surface area contributed by atoms with Crippen LogP contribution in [0.4, 0.5) is 0 Å². The van der Waals surface area contributed by atoms with Crippen molar-refractivity contribution in [2.75, 3.05) is 13.6 Å². The van der Waals surface area contributed by atoms with Crippen molar-refractivity contribution >= 4 is 22.6 Å². The second-order valence-electron chi connectivity index (χ2n) is 6.17. The van der Waals surface area contributed by atoms with Crippen LogP contribution in [0.5, 0.6) is 0 Å². The van der Waals surface area contributed by atoms with Gasteiger partial charge in [0, 0.05) is 19.1 Å². The Balaban J connectivity index is 1.82. The molecule has 0 atom stereocenters. The summed E-state index contributed by atoms with van der Waals surface area (Å²) in [6.45, 7) is 4.18. The number of fused-ring (bicyclic) bond motifs is 1. The second kappa shape index (κ2) is 6.37. The van der Waals surface area contributed by atoms with Gasteiger partial charge in [-0.2, -0.15) is 0 Å². The molecule has 0 N–H and O–H groups in total. The van der Waals surface area contributed by atoms with Crippen LogP contribution in [0.25, 0.3) is 11.0 Å². The molecule has 1 aromatic heterocycles. The zero-order chi connectivity index (χ0) is 14.8. The molecule has 1 saturated carbocycles. The number of rotatable bonds is 5. The minimum atomic E-state index is 0.473. The molecule has 2 aromatic rings. The van der Waals surface area contributed by atoms with E-state index in [-0.39, 0.29) is 0 Å². The van der Waals surface area contributed by atoms with E-state index in [2.05, 4.69) is 46.6 Å². The van der Waals surface area contributed by atoms with Gasteiger partial charge in [0.1, 0.15) is 5.82 Å². The quantitative estimate of drug-likeness (QED) is 0.780. The lowest BCUT2D eigenvalue weighted by Gasteiger charge is -2.24. The number of aromatic nitrogens is 2. The first-order valence-corrected chi connectivity index (χ1v) is 8.45. The number of halogens is 1. The average Bonchev–Trinajstić information content (AvgIpc) is 3.12. The maximum Gasteiger partial charge on any atom is 0.124 e. The average molecular weight is 306 g/mol. The van der Waals surface area contributed by atoms with Gasteiger partial charge in [-0.05, 0) is 38.4 Å². The van der Waals surface area contributed by atoms with Gasteiger partial charge in [0.2, 0.25) is 0 Å². The summed E-state index contributed by atoms with van der Waals surface area (Å²) in [5, 5.41) is 0. The molecule has 0 unspecified atom stereocenters. The molecule has 0 saturated heterocycles. The molecule has 1 aliphatic carbocycles.